The third-order valence-electron chi connectivity index (χ3n) is 1.62. The number of ketones is 1. The van der Waals surface area contributed by atoms with Crippen molar-refractivity contribution >= 4 is 5.78 Å². The molecule has 3 heteroatoms. The van der Waals surface area contributed by atoms with E-state index in [2.05, 4.69) is 0 Å². The van der Waals surface area contributed by atoms with Crippen molar-refractivity contribution in [3.8, 4) is 6.07 Å². The molecule has 66 valence electrons. The molecule has 0 fully saturated rings. The largest absolute Gasteiger partial charge is 0.377 e. The Kier molecular flexibility index (Phi) is 3.18. The molecular formula is C10H9NO2. The molecule has 1 aromatic carbocycles. The lowest BCUT2D eigenvalue weighted by atomic mass is 10.1. The normalized spacial score (nSPS) is 9.23. The predicted molar refractivity (Wildman–Crippen MR) is 47.4 cm³/mol. The van der Waals surface area contributed by atoms with Crippen LogP contribution in [0.3, 0.4) is 0 Å². The summed E-state index contributed by atoms with van der Waals surface area (Å²) >= 11 is 0. The highest BCUT2D eigenvalue weighted by atomic mass is 16.5. The average molecular weight is 175 g/mol. The predicted octanol–water partition coefficient (Wildman–Crippen LogP) is 1.39. The highest BCUT2D eigenvalue weighted by Gasteiger charge is 2.09. The lowest BCUT2D eigenvalue weighted by Gasteiger charge is -2.00. The Morgan fingerprint density at radius 2 is 2.23 bits per heavy atom. The van der Waals surface area contributed by atoms with Gasteiger partial charge in [-0.1, -0.05) is 12.1 Å². The first-order valence-electron chi connectivity index (χ1n) is 3.81. The van der Waals surface area contributed by atoms with Gasteiger partial charge in [-0.2, -0.15) is 5.26 Å². The molecule has 0 aliphatic heterocycles. The van der Waals surface area contributed by atoms with Gasteiger partial charge in [0.05, 0.1) is 11.6 Å². The van der Waals surface area contributed by atoms with Crippen molar-refractivity contribution in [2.24, 2.45) is 0 Å². The number of benzene rings is 1. The Balaban J connectivity index is 3.01. The second-order valence-corrected chi connectivity index (χ2v) is 2.51. The van der Waals surface area contributed by atoms with Crippen LogP contribution < -0.4 is 0 Å². The zero-order valence-corrected chi connectivity index (χ0v) is 7.28. The van der Waals surface area contributed by atoms with Crippen molar-refractivity contribution in [2.45, 2.75) is 0 Å². The van der Waals surface area contributed by atoms with E-state index < -0.39 is 0 Å². The number of rotatable bonds is 3. The Hall–Kier alpha value is -1.66. The maximum atomic E-state index is 11.3. The molecule has 0 atom stereocenters. The van der Waals surface area contributed by atoms with E-state index in [-0.39, 0.29) is 12.4 Å². The van der Waals surface area contributed by atoms with E-state index in [1.54, 1.807) is 24.3 Å². The van der Waals surface area contributed by atoms with Crippen molar-refractivity contribution in [1.29, 1.82) is 5.26 Å². The lowest BCUT2D eigenvalue weighted by Crippen LogP contribution is -2.08. The molecule has 0 radical (unpaired) electrons. The number of Topliss-reactive ketones (excluding diaryl/α,β-unsaturated/α-hetero) is 1. The molecule has 0 saturated heterocycles. The molecule has 0 aliphatic carbocycles. The number of carbonyl (C=O) groups excluding carboxylic acids is 1. The van der Waals surface area contributed by atoms with Crippen molar-refractivity contribution < 1.29 is 9.53 Å². The number of ether oxygens (including phenoxy) is 1. The van der Waals surface area contributed by atoms with E-state index >= 15 is 0 Å². The molecular weight excluding hydrogens is 166 g/mol. The van der Waals surface area contributed by atoms with Crippen molar-refractivity contribution in [2.75, 3.05) is 13.7 Å². The van der Waals surface area contributed by atoms with Gasteiger partial charge in [0.2, 0.25) is 0 Å². The quantitative estimate of drug-likeness (QED) is 0.652. The second kappa shape index (κ2) is 4.39. The maximum Gasteiger partial charge on any atom is 0.189 e. The molecule has 0 aromatic heterocycles. The Morgan fingerprint density at radius 3 is 2.85 bits per heavy atom. The van der Waals surface area contributed by atoms with E-state index in [9.17, 15) is 4.79 Å². The Labute approximate surface area is 76.6 Å². The van der Waals surface area contributed by atoms with Crippen LogP contribution in [-0.4, -0.2) is 19.5 Å². The van der Waals surface area contributed by atoms with Crippen LogP contribution in [0.2, 0.25) is 0 Å². The smallest absolute Gasteiger partial charge is 0.189 e. The summed E-state index contributed by atoms with van der Waals surface area (Å²) in [5.41, 5.74) is 0.816. The Morgan fingerprint density at radius 1 is 1.54 bits per heavy atom. The van der Waals surface area contributed by atoms with Crippen LogP contribution >= 0.6 is 0 Å². The summed E-state index contributed by atoms with van der Waals surface area (Å²) in [6, 6.07) is 8.65. The summed E-state index contributed by atoms with van der Waals surface area (Å²) in [5, 5.41) is 8.69. The summed E-state index contributed by atoms with van der Waals surface area (Å²) in [6.07, 6.45) is 0. The molecule has 0 spiro atoms. The van der Waals surface area contributed by atoms with E-state index in [4.69, 9.17) is 10.00 Å². The molecule has 0 amide bonds. The standard InChI is InChI=1S/C10H9NO2/c1-13-7-10(12)9-5-3-2-4-8(9)6-11/h2-5H,7H2,1H3. The summed E-state index contributed by atoms with van der Waals surface area (Å²) in [7, 11) is 1.45. The summed E-state index contributed by atoms with van der Waals surface area (Å²) in [6.45, 7) is 0.0126. The van der Waals surface area contributed by atoms with Gasteiger partial charge in [-0.15, -0.1) is 0 Å². The van der Waals surface area contributed by atoms with Gasteiger partial charge in [-0.25, -0.2) is 0 Å². The van der Waals surface area contributed by atoms with Crippen LogP contribution in [0.1, 0.15) is 15.9 Å². The fourth-order valence-electron chi connectivity index (χ4n) is 1.03. The first-order valence-corrected chi connectivity index (χ1v) is 3.81. The molecule has 0 aliphatic rings. The van der Waals surface area contributed by atoms with Crippen LogP contribution in [0.4, 0.5) is 0 Å². The van der Waals surface area contributed by atoms with Gasteiger partial charge in [-0.05, 0) is 12.1 Å². The fraction of sp³-hybridized carbons (Fsp3) is 0.200. The molecule has 0 unspecified atom stereocenters. The molecule has 1 aromatic rings. The van der Waals surface area contributed by atoms with E-state index in [1.165, 1.54) is 7.11 Å². The third-order valence-corrected chi connectivity index (χ3v) is 1.62. The molecule has 0 saturated carbocycles. The van der Waals surface area contributed by atoms with Crippen LogP contribution in [-0.2, 0) is 4.74 Å². The highest BCUT2D eigenvalue weighted by Crippen LogP contribution is 2.07. The molecule has 0 heterocycles. The van der Waals surface area contributed by atoms with Gasteiger partial charge in [0.1, 0.15) is 6.61 Å². The van der Waals surface area contributed by atoms with Crippen LogP contribution in [0, 0.1) is 11.3 Å². The second-order valence-electron chi connectivity index (χ2n) is 2.51. The zero-order chi connectivity index (χ0) is 9.68. The number of methoxy groups -OCH3 is 1. The molecule has 3 nitrogen and oxygen atoms in total. The summed E-state index contributed by atoms with van der Waals surface area (Å²) in [5.74, 6) is -0.167. The van der Waals surface area contributed by atoms with E-state index in [0.717, 1.165) is 0 Å². The molecule has 0 bridgehead atoms. The molecule has 1 rings (SSSR count). The van der Waals surface area contributed by atoms with Gasteiger partial charge in [0.15, 0.2) is 5.78 Å². The van der Waals surface area contributed by atoms with Gasteiger partial charge in [-0.3, -0.25) is 4.79 Å². The molecule has 0 N–H and O–H groups in total. The van der Waals surface area contributed by atoms with Crippen LogP contribution in [0.5, 0.6) is 0 Å². The lowest BCUT2D eigenvalue weighted by molar-refractivity contribution is 0.0848. The Bertz CT molecular complexity index is 352. The fourth-order valence-corrected chi connectivity index (χ4v) is 1.03. The highest BCUT2D eigenvalue weighted by molar-refractivity contribution is 5.99. The monoisotopic (exact) mass is 175 g/mol. The van der Waals surface area contributed by atoms with Crippen LogP contribution in [0.15, 0.2) is 24.3 Å². The minimum Gasteiger partial charge on any atom is -0.377 e. The van der Waals surface area contributed by atoms with Crippen LogP contribution in [0.25, 0.3) is 0 Å². The third kappa shape index (κ3) is 2.14. The first-order chi connectivity index (χ1) is 6.29. The van der Waals surface area contributed by atoms with Crippen molar-refractivity contribution in [3.63, 3.8) is 0 Å². The average Bonchev–Trinajstić information content (AvgIpc) is 2.18. The first kappa shape index (κ1) is 9.43. The van der Waals surface area contributed by atoms with Gasteiger partial charge in [0.25, 0.3) is 0 Å². The molecule has 13 heavy (non-hydrogen) atoms. The maximum absolute atomic E-state index is 11.3. The topological polar surface area (TPSA) is 50.1 Å². The number of nitrogens with zero attached hydrogens (tertiary/aromatic N) is 1. The van der Waals surface area contributed by atoms with E-state index in [1.807, 2.05) is 6.07 Å². The van der Waals surface area contributed by atoms with Gasteiger partial charge < -0.3 is 4.74 Å². The summed E-state index contributed by atoms with van der Waals surface area (Å²) in [4.78, 5) is 11.3. The number of nitriles is 1. The summed E-state index contributed by atoms with van der Waals surface area (Å²) < 4.78 is 4.70. The van der Waals surface area contributed by atoms with Gasteiger partial charge >= 0.3 is 0 Å². The SMILES string of the molecule is COCC(=O)c1ccccc1C#N. The number of hydrogen-bond acceptors (Lipinski definition) is 3. The minimum atomic E-state index is -0.167. The zero-order valence-electron chi connectivity index (χ0n) is 7.28. The van der Waals surface area contributed by atoms with Gasteiger partial charge in [0, 0.05) is 12.7 Å². The van der Waals surface area contributed by atoms with Crippen molar-refractivity contribution in [1.82, 2.24) is 0 Å². The van der Waals surface area contributed by atoms with Crippen molar-refractivity contribution in [3.05, 3.63) is 35.4 Å². The number of hydrogen-bond donors (Lipinski definition) is 0. The minimum absolute atomic E-state index is 0.0126. The number of carbonyl (C=O) groups is 1. The van der Waals surface area contributed by atoms with E-state index in [0.29, 0.717) is 11.1 Å².